The van der Waals surface area contributed by atoms with Crippen molar-refractivity contribution in [1.29, 1.82) is 0 Å². The molecule has 3 nitrogen and oxygen atoms in total. The van der Waals surface area contributed by atoms with Crippen LogP contribution in [-0.4, -0.2) is 18.7 Å². The molecule has 1 heterocycles. The molecule has 1 N–H and O–H groups in total. The first kappa shape index (κ1) is 9.06. The van der Waals surface area contributed by atoms with Gasteiger partial charge in [-0.25, -0.2) is 4.79 Å². The Hall–Kier alpha value is -1.51. The second kappa shape index (κ2) is 4.13. The molecular formula is C11H13NO2. The Balaban J connectivity index is 1.80. The summed E-state index contributed by atoms with van der Waals surface area (Å²) in [4.78, 5) is 10.7. The molecule has 1 aromatic rings. The van der Waals surface area contributed by atoms with Crippen molar-refractivity contribution in [2.75, 3.05) is 6.61 Å². The summed E-state index contributed by atoms with van der Waals surface area (Å²) >= 11 is 0. The van der Waals surface area contributed by atoms with Crippen LogP contribution in [0.3, 0.4) is 0 Å². The van der Waals surface area contributed by atoms with Crippen molar-refractivity contribution in [3.63, 3.8) is 0 Å². The molecular weight excluding hydrogens is 178 g/mol. The Labute approximate surface area is 83.1 Å². The average Bonchev–Trinajstić information content (AvgIpc) is 2.63. The number of alkyl carbamates (subject to hydrolysis) is 1. The van der Waals surface area contributed by atoms with Crippen LogP contribution < -0.4 is 5.32 Å². The molecule has 0 unspecified atom stereocenters. The number of nitrogens with one attached hydrogen (secondary N) is 1. The summed E-state index contributed by atoms with van der Waals surface area (Å²) < 4.78 is 4.80. The van der Waals surface area contributed by atoms with Gasteiger partial charge in [-0.2, -0.15) is 0 Å². The topological polar surface area (TPSA) is 38.3 Å². The van der Waals surface area contributed by atoms with Crippen molar-refractivity contribution in [3.8, 4) is 0 Å². The van der Waals surface area contributed by atoms with Gasteiger partial charge in [0.15, 0.2) is 0 Å². The number of carbonyl (C=O) groups excluding carboxylic acids is 1. The number of cyclic esters (lactones) is 1. The number of hydrogen-bond donors (Lipinski definition) is 1. The van der Waals surface area contributed by atoms with Crippen LogP contribution in [0.25, 0.3) is 0 Å². The van der Waals surface area contributed by atoms with Gasteiger partial charge in [-0.15, -0.1) is 0 Å². The van der Waals surface area contributed by atoms with Crippen LogP contribution in [0.2, 0.25) is 0 Å². The van der Waals surface area contributed by atoms with Gasteiger partial charge in [0.2, 0.25) is 0 Å². The van der Waals surface area contributed by atoms with Gasteiger partial charge >= 0.3 is 6.09 Å². The van der Waals surface area contributed by atoms with Gasteiger partial charge in [-0.3, -0.25) is 0 Å². The summed E-state index contributed by atoms with van der Waals surface area (Å²) in [6, 6.07) is 10.4. The lowest BCUT2D eigenvalue weighted by atomic mass is 10.1. The number of amides is 1. The molecule has 1 aliphatic rings. The van der Waals surface area contributed by atoms with E-state index in [-0.39, 0.29) is 12.1 Å². The molecule has 14 heavy (non-hydrogen) atoms. The molecule has 1 amide bonds. The smallest absolute Gasteiger partial charge is 0.407 e. The molecule has 74 valence electrons. The number of benzene rings is 1. The van der Waals surface area contributed by atoms with Gasteiger partial charge in [0.25, 0.3) is 0 Å². The third kappa shape index (κ3) is 2.25. The molecule has 1 aliphatic heterocycles. The maximum Gasteiger partial charge on any atom is 0.407 e. The molecule has 1 aromatic carbocycles. The summed E-state index contributed by atoms with van der Waals surface area (Å²) in [5.41, 5.74) is 1.30. The molecule has 0 aliphatic carbocycles. The summed E-state index contributed by atoms with van der Waals surface area (Å²) in [5.74, 6) is 0. The zero-order valence-electron chi connectivity index (χ0n) is 7.90. The predicted molar refractivity (Wildman–Crippen MR) is 53.0 cm³/mol. The monoisotopic (exact) mass is 191 g/mol. The molecule has 2 rings (SSSR count). The zero-order valence-corrected chi connectivity index (χ0v) is 7.90. The quantitative estimate of drug-likeness (QED) is 0.790. The Bertz CT molecular complexity index is 310. The lowest BCUT2D eigenvalue weighted by molar-refractivity contribution is 0.176. The lowest BCUT2D eigenvalue weighted by Crippen LogP contribution is -2.26. The van der Waals surface area contributed by atoms with E-state index in [1.807, 2.05) is 18.2 Å². The summed E-state index contributed by atoms with van der Waals surface area (Å²) in [6.07, 6.45) is 1.63. The second-order valence-electron chi connectivity index (χ2n) is 3.46. The van der Waals surface area contributed by atoms with E-state index in [4.69, 9.17) is 4.74 Å². The normalized spacial score (nSPS) is 20.3. The average molecular weight is 191 g/mol. The van der Waals surface area contributed by atoms with E-state index in [1.54, 1.807) is 0 Å². The van der Waals surface area contributed by atoms with Gasteiger partial charge in [0, 0.05) is 0 Å². The number of rotatable bonds is 3. The highest BCUT2D eigenvalue weighted by atomic mass is 16.6. The van der Waals surface area contributed by atoms with Gasteiger partial charge in [0.1, 0.15) is 6.61 Å². The Kier molecular flexibility index (Phi) is 2.68. The highest BCUT2D eigenvalue weighted by molar-refractivity contribution is 5.69. The number of carbonyl (C=O) groups is 1. The van der Waals surface area contributed by atoms with Gasteiger partial charge in [0.05, 0.1) is 6.04 Å². The lowest BCUT2D eigenvalue weighted by Gasteiger charge is -2.06. The van der Waals surface area contributed by atoms with Crippen LogP contribution in [0.1, 0.15) is 12.0 Å². The number of ether oxygens (including phenoxy) is 1. The fraction of sp³-hybridized carbons (Fsp3) is 0.364. The first-order chi connectivity index (χ1) is 6.84. The molecule has 3 heteroatoms. The molecule has 1 saturated heterocycles. The fourth-order valence-corrected chi connectivity index (χ4v) is 1.57. The number of aryl methyl sites for hydroxylation is 1. The molecule has 0 spiro atoms. The van der Waals surface area contributed by atoms with Crippen molar-refractivity contribution in [3.05, 3.63) is 35.9 Å². The summed E-state index contributed by atoms with van der Waals surface area (Å²) in [6.45, 7) is 0.506. The first-order valence-corrected chi connectivity index (χ1v) is 4.82. The van der Waals surface area contributed by atoms with E-state index >= 15 is 0 Å². The molecule has 0 saturated carbocycles. The summed E-state index contributed by atoms with van der Waals surface area (Å²) in [7, 11) is 0. The van der Waals surface area contributed by atoms with Crippen LogP contribution in [0.15, 0.2) is 30.3 Å². The van der Waals surface area contributed by atoms with Gasteiger partial charge < -0.3 is 10.1 Å². The fourth-order valence-electron chi connectivity index (χ4n) is 1.57. The minimum absolute atomic E-state index is 0.183. The van der Waals surface area contributed by atoms with E-state index in [0.717, 1.165) is 12.8 Å². The molecule has 1 atom stereocenters. The van der Waals surface area contributed by atoms with E-state index in [2.05, 4.69) is 17.4 Å². The van der Waals surface area contributed by atoms with Crippen molar-refractivity contribution < 1.29 is 9.53 Å². The molecule has 0 aromatic heterocycles. The van der Waals surface area contributed by atoms with E-state index in [1.165, 1.54) is 5.56 Å². The van der Waals surface area contributed by atoms with Crippen LogP contribution >= 0.6 is 0 Å². The Morgan fingerprint density at radius 1 is 1.36 bits per heavy atom. The van der Waals surface area contributed by atoms with Gasteiger partial charge in [-0.1, -0.05) is 30.3 Å². The second-order valence-corrected chi connectivity index (χ2v) is 3.46. The van der Waals surface area contributed by atoms with Crippen LogP contribution in [0.5, 0.6) is 0 Å². The van der Waals surface area contributed by atoms with Crippen LogP contribution in [0, 0.1) is 0 Å². The zero-order chi connectivity index (χ0) is 9.80. The van der Waals surface area contributed by atoms with E-state index < -0.39 is 0 Å². The molecule has 0 bridgehead atoms. The largest absolute Gasteiger partial charge is 0.447 e. The maximum absolute atomic E-state index is 10.7. The predicted octanol–water partition coefficient (Wildman–Crippen LogP) is 1.73. The Morgan fingerprint density at radius 2 is 2.14 bits per heavy atom. The van der Waals surface area contributed by atoms with E-state index in [9.17, 15) is 4.79 Å². The van der Waals surface area contributed by atoms with Crippen molar-refractivity contribution in [2.45, 2.75) is 18.9 Å². The minimum atomic E-state index is -0.289. The van der Waals surface area contributed by atoms with Gasteiger partial charge in [-0.05, 0) is 18.4 Å². The van der Waals surface area contributed by atoms with Crippen LogP contribution in [0.4, 0.5) is 4.79 Å². The van der Waals surface area contributed by atoms with E-state index in [0.29, 0.717) is 6.61 Å². The van der Waals surface area contributed by atoms with Crippen molar-refractivity contribution >= 4 is 6.09 Å². The maximum atomic E-state index is 10.7. The minimum Gasteiger partial charge on any atom is -0.447 e. The third-order valence-corrected chi connectivity index (χ3v) is 2.36. The standard InChI is InChI=1S/C11H13NO2/c13-11-12-10(8-14-11)7-6-9-4-2-1-3-5-9/h1-5,10H,6-8H2,(H,12,13)/t10-/m0/s1. The third-order valence-electron chi connectivity index (χ3n) is 2.36. The molecule has 0 radical (unpaired) electrons. The highest BCUT2D eigenvalue weighted by Gasteiger charge is 2.21. The highest BCUT2D eigenvalue weighted by Crippen LogP contribution is 2.08. The van der Waals surface area contributed by atoms with Crippen LogP contribution in [-0.2, 0) is 11.2 Å². The Morgan fingerprint density at radius 3 is 2.79 bits per heavy atom. The summed E-state index contributed by atoms with van der Waals surface area (Å²) in [5, 5.41) is 2.76. The first-order valence-electron chi connectivity index (χ1n) is 4.82. The number of hydrogen-bond acceptors (Lipinski definition) is 2. The van der Waals surface area contributed by atoms with Crippen molar-refractivity contribution in [2.24, 2.45) is 0 Å². The molecule has 1 fully saturated rings. The van der Waals surface area contributed by atoms with Crippen molar-refractivity contribution in [1.82, 2.24) is 5.32 Å². The SMILES string of the molecule is O=C1N[C@@H](CCc2ccccc2)CO1.